The van der Waals surface area contributed by atoms with E-state index < -0.39 is 6.09 Å². The maximum absolute atomic E-state index is 13.1. The van der Waals surface area contributed by atoms with E-state index in [0.29, 0.717) is 30.1 Å². The fourth-order valence-electron chi connectivity index (χ4n) is 5.76. The van der Waals surface area contributed by atoms with Gasteiger partial charge in [-0.15, -0.1) is 0 Å². The number of rotatable bonds is 8. The molecule has 1 saturated heterocycles. The fourth-order valence-corrected chi connectivity index (χ4v) is 5.76. The van der Waals surface area contributed by atoms with E-state index >= 15 is 0 Å². The van der Waals surface area contributed by atoms with Gasteiger partial charge < -0.3 is 9.26 Å². The van der Waals surface area contributed by atoms with E-state index in [1.165, 1.54) is 42.6 Å². The lowest BCUT2D eigenvalue weighted by Gasteiger charge is -2.38. The van der Waals surface area contributed by atoms with Crippen molar-refractivity contribution in [2.45, 2.75) is 90.0 Å². The van der Waals surface area contributed by atoms with Gasteiger partial charge in [-0.2, -0.15) is 0 Å². The molecular formula is C28H36N2O4. The molecule has 3 fully saturated rings. The summed E-state index contributed by atoms with van der Waals surface area (Å²) in [7, 11) is 0. The van der Waals surface area contributed by atoms with Crippen molar-refractivity contribution in [3.05, 3.63) is 52.9 Å². The molecule has 0 N–H and O–H groups in total. The van der Waals surface area contributed by atoms with E-state index in [-0.39, 0.29) is 25.0 Å². The van der Waals surface area contributed by atoms with Crippen LogP contribution in [0, 0.1) is 11.3 Å². The minimum absolute atomic E-state index is 0.191. The van der Waals surface area contributed by atoms with Gasteiger partial charge in [0.05, 0.1) is 11.7 Å². The third-order valence-electron chi connectivity index (χ3n) is 7.44. The highest BCUT2D eigenvalue weighted by Gasteiger charge is 2.42. The Morgan fingerprint density at radius 1 is 1.12 bits per heavy atom. The fraction of sp³-hybridized carbons (Fsp3) is 0.607. The van der Waals surface area contributed by atoms with Gasteiger partial charge in [-0.25, -0.2) is 9.69 Å². The number of aryl methyl sites for hydroxylation is 1. The van der Waals surface area contributed by atoms with Crippen molar-refractivity contribution in [2.24, 2.45) is 11.3 Å². The molecule has 6 nitrogen and oxygen atoms in total. The highest BCUT2D eigenvalue weighted by Crippen LogP contribution is 2.52. The van der Waals surface area contributed by atoms with Crippen molar-refractivity contribution in [1.82, 2.24) is 10.1 Å². The summed E-state index contributed by atoms with van der Waals surface area (Å²) in [5, 5.41) is 4.42. The maximum Gasteiger partial charge on any atom is 0.416 e. The highest BCUT2D eigenvalue weighted by molar-refractivity contribution is 5.93. The SMILES string of the molecule is CC(C)(C)C[C@H]1C[C@@H](c2onc(CCC(=O)N3C(=O)OC[C@@H]3Cc3ccccc3)c2C2CC2)C1. The van der Waals surface area contributed by atoms with Crippen LogP contribution < -0.4 is 0 Å². The number of nitrogens with zero attached hydrogens (tertiary/aromatic N) is 2. The number of carbonyl (C=O) groups is 2. The minimum atomic E-state index is -0.534. The molecule has 1 aromatic heterocycles. The van der Waals surface area contributed by atoms with Crippen LogP contribution in [0.3, 0.4) is 0 Å². The summed E-state index contributed by atoms with van der Waals surface area (Å²) >= 11 is 0. The lowest BCUT2D eigenvalue weighted by molar-refractivity contribution is -0.129. The summed E-state index contributed by atoms with van der Waals surface area (Å²) < 4.78 is 11.1. The van der Waals surface area contributed by atoms with Crippen LogP contribution in [0.25, 0.3) is 0 Å². The van der Waals surface area contributed by atoms with E-state index in [1.54, 1.807) is 0 Å². The molecule has 2 amide bonds. The van der Waals surface area contributed by atoms with Crippen LogP contribution in [0.15, 0.2) is 34.9 Å². The normalized spacial score (nSPS) is 24.7. The molecule has 34 heavy (non-hydrogen) atoms. The third kappa shape index (κ3) is 5.06. The number of carbonyl (C=O) groups excluding carboxylic acids is 2. The van der Waals surface area contributed by atoms with Gasteiger partial charge in [-0.3, -0.25) is 4.79 Å². The Hall–Kier alpha value is -2.63. The number of cyclic esters (lactones) is 1. The number of aromatic nitrogens is 1. The van der Waals surface area contributed by atoms with Crippen LogP contribution in [0.1, 0.15) is 93.7 Å². The van der Waals surface area contributed by atoms with Gasteiger partial charge in [0, 0.05) is 24.3 Å². The average Bonchev–Trinajstić information content (AvgIpc) is 3.42. The molecule has 182 valence electrons. The van der Waals surface area contributed by atoms with Crippen molar-refractivity contribution in [1.29, 1.82) is 0 Å². The van der Waals surface area contributed by atoms with Crippen molar-refractivity contribution in [3.63, 3.8) is 0 Å². The van der Waals surface area contributed by atoms with Gasteiger partial charge in [0.15, 0.2) is 0 Å². The van der Waals surface area contributed by atoms with E-state index in [1.807, 2.05) is 30.3 Å². The van der Waals surface area contributed by atoms with Crippen LogP contribution >= 0.6 is 0 Å². The molecule has 0 radical (unpaired) electrons. The first kappa shape index (κ1) is 23.1. The Kier molecular flexibility index (Phi) is 6.26. The summed E-state index contributed by atoms with van der Waals surface area (Å²) in [6.45, 7) is 7.17. The number of ether oxygens (including phenoxy) is 1. The van der Waals surface area contributed by atoms with Crippen molar-refractivity contribution in [2.75, 3.05) is 6.61 Å². The van der Waals surface area contributed by atoms with E-state index in [2.05, 4.69) is 25.9 Å². The van der Waals surface area contributed by atoms with Crippen LogP contribution in [0.4, 0.5) is 4.79 Å². The van der Waals surface area contributed by atoms with Crippen LogP contribution in [0.5, 0.6) is 0 Å². The number of benzene rings is 1. The Balaban J connectivity index is 1.22. The third-order valence-corrected chi connectivity index (χ3v) is 7.44. The molecule has 1 atom stereocenters. The summed E-state index contributed by atoms with van der Waals surface area (Å²) in [4.78, 5) is 26.7. The lowest BCUT2D eigenvalue weighted by Crippen LogP contribution is -2.40. The smallest absolute Gasteiger partial charge is 0.416 e. The zero-order valence-electron chi connectivity index (χ0n) is 20.6. The topological polar surface area (TPSA) is 72.6 Å². The van der Waals surface area contributed by atoms with E-state index in [9.17, 15) is 9.59 Å². The molecule has 1 aromatic carbocycles. The van der Waals surface area contributed by atoms with Gasteiger partial charge in [-0.05, 0) is 61.3 Å². The van der Waals surface area contributed by atoms with Gasteiger partial charge in [0.25, 0.3) is 0 Å². The summed E-state index contributed by atoms with van der Waals surface area (Å²) in [5.74, 6) is 2.62. The zero-order chi connectivity index (χ0) is 23.9. The Morgan fingerprint density at radius 2 is 1.85 bits per heavy atom. The summed E-state index contributed by atoms with van der Waals surface area (Å²) in [5.41, 5.74) is 3.62. The molecule has 2 aromatic rings. The van der Waals surface area contributed by atoms with Gasteiger partial charge in [0.1, 0.15) is 12.4 Å². The lowest BCUT2D eigenvalue weighted by atomic mass is 9.67. The largest absolute Gasteiger partial charge is 0.447 e. The van der Waals surface area contributed by atoms with Crippen LogP contribution in [-0.4, -0.2) is 34.7 Å². The van der Waals surface area contributed by atoms with Gasteiger partial charge in [-0.1, -0.05) is 56.3 Å². The van der Waals surface area contributed by atoms with Crippen molar-refractivity contribution >= 4 is 12.0 Å². The number of hydrogen-bond acceptors (Lipinski definition) is 5. The van der Waals surface area contributed by atoms with E-state index in [0.717, 1.165) is 22.9 Å². The monoisotopic (exact) mass is 464 g/mol. The second-order valence-electron chi connectivity index (χ2n) is 11.7. The second-order valence-corrected chi connectivity index (χ2v) is 11.7. The molecule has 2 heterocycles. The summed E-state index contributed by atoms with van der Waals surface area (Å²) in [6.07, 6.45) is 6.75. The van der Waals surface area contributed by atoms with Crippen LogP contribution in [0.2, 0.25) is 0 Å². The average molecular weight is 465 g/mol. The Morgan fingerprint density at radius 3 is 2.53 bits per heavy atom. The Bertz CT molecular complexity index is 1030. The Labute approximate surface area is 202 Å². The first-order valence-electron chi connectivity index (χ1n) is 12.8. The first-order chi connectivity index (χ1) is 16.3. The highest BCUT2D eigenvalue weighted by atomic mass is 16.6. The molecule has 3 aliphatic rings. The maximum atomic E-state index is 13.1. The second kappa shape index (κ2) is 9.20. The van der Waals surface area contributed by atoms with Crippen molar-refractivity contribution in [3.8, 4) is 0 Å². The molecule has 2 saturated carbocycles. The van der Waals surface area contributed by atoms with Crippen LogP contribution in [-0.2, 0) is 22.4 Å². The predicted molar refractivity (Wildman–Crippen MR) is 128 cm³/mol. The molecule has 5 rings (SSSR count). The summed E-state index contributed by atoms with van der Waals surface area (Å²) in [6, 6.07) is 9.66. The molecule has 0 spiro atoms. The van der Waals surface area contributed by atoms with E-state index in [4.69, 9.17) is 9.26 Å². The molecule has 0 unspecified atom stereocenters. The molecule has 2 aliphatic carbocycles. The van der Waals surface area contributed by atoms with Gasteiger partial charge >= 0.3 is 6.09 Å². The molecule has 6 heteroatoms. The number of amides is 2. The molecule has 1 aliphatic heterocycles. The predicted octanol–water partition coefficient (Wildman–Crippen LogP) is 6.00. The molecule has 0 bridgehead atoms. The standard InChI is InChI=1S/C28H36N2O4/c1-28(2,3)16-19-13-21(14-19)26-25(20-9-10-20)23(29-34-26)11-12-24(31)30-22(17-33-27(30)32)15-18-7-5-4-6-8-18/h4-8,19-22H,9-17H2,1-3H3/t19-,21+,22-/m0/s1. The van der Waals surface area contributed by atoms with Crippen molar-refractivity contribution < 1.29 is 18.8 Å². The molecular weight excluding hydrogens is 428 g/mol. The minimum Gasteiger partial charge on any atom is -0.447 e. The zero-order valence-corrected chi connectivity index (χ0v) is 20.6. The number of imide groups is 1. The number of hydrogen-bond donors (Lipinski definition) is 0. The quantitative estimate of drug-likeness (QED) is 0.479. The first-order valence-corrected chi connectivity index (χ1v) is 12.8. The van der Waals surface area contributed by atoms with Gasteiger partial charge in [0.2, 0.25) is 5.91 Å².